The summed E-state index contributed by atoms with van der Waals surface area (Å²) in [5.74, 6) is -0.162. The third-order valence-corrected chi connectivity index (χ3v) is 5.04. The number of urea groups is 1. The molecule has 1 unspecified atom stereocenters. The van der Waals surface area contributed by atoms with Gasteiger partial charge in [0, 0.05) is 12.1 Å². The van der Waals surface area contributed by atoms with E-state index in [1.54, 1.807) is 12.3 Å². The molecule has 1 aliphatic heterocycles. The largest absolute Gasteiger partial charge is 0.351 e. The molecule has 1 fully saturated rings. The number of amides is 4. The van der Waals surface area contributed by atoms with Crippen molar-refractivity contribution >= 4 is 23.7 Å². The number of piperidine rings is 1. The zero-order valence-corrected chi connectivity index (χ0v) is 16.3. The van der Waals surface area contributed by atoms with Crippen LogP contribution in [0.2, 0.25) is 0 Å². The zero-order chi connectivity index (χ0) is 20.8. The number of aryl methyl sites for hydroxylation is 1. The maximum absolute atomic E-state index is 12.6. The van der Waals surface area contributed by atoms with Crippen molar-refractivity contribution < 1.29 is 14.4 Å². The van der Waals surface area contributed by atoms with E-state index < -0.39 is 18.0 Å². The van der Waals surface area contributed by atoms with Crippen molar-refractivity contribution in [3.05, 3.63) is 59.8 Å². The molecule has 29 heavy (non-hydrogen) atoms. The van der Waals surface area contributed by atoms with Gasteiger partial charge >= 0.3 is 6.03 Å². The van der Waals surface area contributed by atoms with E-state index >= 15 is 0 Å². The number of pyridine rings is 1. The molecule has 0 radical (unpaired) electrons. The molecule has 2 aromatic rings. The van der Waals surface area contributed by atoms with Gasteiger partial charge in [0.25, 0.3) is 0 Å². The minimum absolute atomic E-state index is 0.0705. The van der Waals surface area contributed by atoms with Crippen LogP contribution in [0.15, 0.2) is 48.7 Å². The fourth-order valence-electron chi connectivity index (χ4n) is 3.54. The summed E-state index contributed by atoms with van der Waals surface area (Å²) in [6.45, 7) is 3.03. The van der Waals surface area contributed by atoms with E-state index in [0.717, 1.165) is 11.1 Å². The summed E-state index contributed by atoms with van der Waals surface area (Å²) >= 11 is 0. The van der Waals surface area contributed by atoms with Crippen LogP contribution in [0.3, 0.4) is 0 Å². The van der Waals surface area contributed by atoms with Crippen molar-refractivity contribution in [2.75, 3.05) is 18.4 Å². The first kappa shape index (κ1) is 20.5. The number of rotatable bonds is 5. The molecule has 0 bridgehead atoms. The number of benzene rings is 1. The zero-order valence-electron chi connectivity index (χ0n) is 16.3. The van der Waals surface area contributed by atoms with E-state index in [0.29, 0.717) is 31.7 Å². The molecule has 2 heterocycles. The minimum atomic E-state index is -0.879. The van der Waals surface area contributed by atoms with Crippen LogP contribution in [0.1, 0.15) is 30.0 Å². The number of carbonyl (C=O) groups excluding carboxylic acids is 3. The summed E-state index contributed by atoms with van der Waals surface area (Å²) in [6.07, 6.45) is 2.91. The molecular formula is C21H25N5O3. The predicted octanol–water partition coefficient (Wildman–Crippen LogP) is 1.98. The Morgan fingerprint density at radius 3 is 2.38 bits per heavy atom. The molecular weight excluding hydrogens is 370 g/mol. The van der Waals surface area contributed by atoms with Gasteiger partial charge in [-0.1, -0.05) is 36.4 Å². The van der Waals surface area contributed by atoms with Crippen molar-refractivity contribution in [2.24, 2.45) is 11.7 Å². The fraction of sp³-hybridized carbons (Fsp3) is 0.333. The molecule has 4 N–H and O–H groups in total. The highest BCUT2D eigenvalue weighted by Crippen LogP contribution is 2.28. The second kappa shape index (κ2) is 9.29. The normalized spacial score (nSPS) is 16.0. The minimum Gasteiger partial charge on any atom is -0.351 e. The third kappa shape index (κ3) is 5.39. The summed E-state index contributed by atoms with van der Waals surface area (Å²) in [6, 6.07) is 11.4. The van der Waals surface area contributed by atoms with Crippen LogP contribution in [0, 0.1) is 12.8 Å². The highest BCUT2D eigenvalue weighted by atomic mass is 16.2. The van der Waals surface area contributed by atoms with Gasteiger partial charge < -0.3 is 11.1 Å². The van der Waals surface area contributed by atoms with Gasteiger partial charge in [0.15, 0.2) is 0 Å². The Kier molecular flexibility index (Phi) is 6.56. The monoisotopic (exact) mass is 395 g/mol. The first-order valence-electron chi connectivity index (χ1n) is 9.57. The molecule has 1 atom stereocenters. The van der Waals surface area contributed by atoms with Gasteiger partial charge in [0.2, 0.25) is 11.8 Å². The smallest absolute Gasteiger partial charge is 0.318 e. The van der Waals surface area contributed by atoms with Gasteiger partial charge in [-0.15, -0.1) is 0 Å². The number of nitrogens with zero attached hydrogens (tertiary/aromatic N) is 2. The van der Waals surface area contributed by atoms with Crippen molar-refractivity contribution in [2.45, 2.75) is 25.8 Å². The quantitative estimate of drug-likeness (QED) is 0.716. The van der Waals surface area contributed by atoms with E-state index in [1.165, 1.54) is 0 Å². The second-order valence-electron chi connectivity index (χ2n) is 7.19. The molecule has 8 nitrogen and oxygen atoms in total. The number of hydrogen-bond acceptors (Lipinski definition) is 5. The van der Waals surface area contributed by atoms with Crippen LogP contribution < -0.4 is 16.4 Å². The van der Waals surface area contributed by atoms with Crippen LogP contribution in [0.5, 0.6) is 0 Å². The highest BCUT2D eigenvalue weighted by Gasteiger charge is 2.33. The maximum atomic E-state index is 12.6. The van der Waals surface area contributed by atoms with E-state index in [1.807, 2.05) is 48.2 Å². The number of primary amides is 1. The van der Waals surface area contributed by atoms with Crippen LogP contribution in [0.25, 0.3) is 0 Å². The molecule has 152 valence electrons. The molecule has 8 heteroatoms. The Balaban J connectivity index is 1.64. The van der Waals surface area contributed by atoms with Crippen molar-refractivity contribution in [1.29, 1.82) is 0 Å². The number of carbonyl (C=O) groups is 3. The van der Waals surface area contributed by atoms with Gasteiger partial charge in [-0.05, 0) is 50.0 Å². The molecule has 0 saturated carbocycles. The Hall–Kier alpha value is -3.26. The van der Waals surface area contributed by atoms with Gasteiger partial charge in [-0.2, -0.15) is 0 Å². The maximum Gasteiger partial charge on any atom is 0.318 e. The number of hydrogen-bond donors (Lipinski definition) is 3. The lowest BCUT2D eigenvalue weighted by Gasteiger charge is -2.36. The van der Waals surface area contributed by atoms with Crippen LogP contribution in [0.4, 0.5) is 10.6 Å². The van der Waals surface area contributed by atoms with Crippen molar-refractivity contribution in [3.8, 4) is 0 Å². The summed E-state index contributed by atoms with van der Waals surface area (Å²) in [7, 11) is 0. The average molecular weight is 395 g/mol. The van der Waals surface area contributed by atoms with Gasteiger partial charge in [-0.25, -0.2) is 9.78 Å². The molecule has 1 saturated heterocycles. The Morgan fingerprint density at radius 1 is 1.10 bits per heavy atom. The number of aromatic nitrogens is 1. The van der Waals surface area contributed by atoms with E-state index in [-0.39, 0.29) is 11.8 Å². The highest BCUT2D eigenvalue weighted by molar-refractivity contribution is 5.97. The van der Waals surface area contributed by atoms with Crippen LogP contribution in [-0.2, 0) is 9.59 Å². The average Bonchev–Trinajstić information content (AvgIpc) is 2.70. The lowest BCUT2D eigenvalue weighted by molar-refractivity contribution is -0.126. The third-order valence-electron chi connectivity index (χ3n) is 5.04. The van der Waals surface area contributed by atoms with Crippen molar-refractivity contribution in [1.82, 2.24) is 15.2 Å². The standard InChI is InChI=1S/C21H25N5O3/c1-14-7-8-17(23-13-14)24-19(27)16-9-11-26(12-10-16)18(20(28)25-21(22)29)15-5-3-2-4-6-15/h2-8,13,16,18H,9-12H2,1H3,(H,23,24,27)(H3,22,25,28,29). The molecule has 4 amide bonds. The number of likely N-dealkylation sites (tertiary alicyclic amines) is 1. The number of nitrogens with one attached hydrogen (secondary N) is 2. The Labute approximate surface area is 169 Å². The molecule has 3 rings (SSSR count). The van der Waals surface area contributed by atoms with Gasteiger partial charge in [-0.3, -0.25) is 19.8 Å². The number of nitrogens with two attached hydrogens (primary N) is 1. The van der Waals surface area contributed by atoms with E-state index in [2.05, 4.69) is 15.6 Å². The Bertz CT molecular complexity index is 862. The predicted molar refractivity (Wildman–Crippen MR) is 109 cm³/mol. The lowest BCUT2D eigenvalue weighted by atomic mass is 9.93. The number of anilines is 1. The van der Waals surface area contributed by atoms with Gasteiger partial charge in [0.05, 0.1) is 0 Å². The molecule has 1 aromatic carbocycles. The van der Waals surface area contributed by atoms with Gasteiger partial charge in [0.1, 0.15) is 11.9 Å². The summed E-state index contributed by atoms with van der Waals surface area (Å²) in [5, 5.41) is 5.03. The summed E-state index contributed by atoms with van der Waals surface area (Å²) in [4.78, 5) is 42.5. The molecule has 1 aliphatic rings. The van der Waals surface area contributed by atoms with E-state index in [9.17, 15) is 14.4 Å². The fourth-order valence-corrected chi connectivity index (χ4v) is 3.54. The first-order valence-corrected chi connectivity index (χ1v) is 9.57. The molecule has 0 spiro atoms. The topological polar surface area (TPSA) is 117 Å². The lowest BCUT2D eigenvalue weighted by Crippen LogP contribution is -2.48. The van der Waals surface area contributed by atoms with E-state index in [4.69, 9.17) is 5.73 Å². The Morgan fingerprint density at radius 2 is 1.79 bits per heavy atom. The molecule has 0 aliphatic carbocycles. The number of imide groups is 1. The van der Waals surface area contributed by atoms with Crippen LogP contribution >= 0.6 is 0 Å². The van der Waals surface area contributed by atoms with Crippen molar-refractivity contribution in [3.63, 3.8) is 0 Å². The molecule has 1 aromatic heterocycles. The SMILES string of the molecule is Cc1ccc(NC(=O)C2CCN(C(C(=O)NC(N)=O)c3ccccc3)CC2)nc1. The summed E-state index contributed by atoms with van der Waals surface area (Å²) < 4.78 is 0. The second-order valence-corrected chi connectivity index (χ2v) is 7.19. The summed E-state index contributed by atoms with van der Waals surface area (Å²) in [5.41, 5.74) is 6.94. The first-order chi connectivity index (χ1) is 13.9. The van der Waals surface area contributed by atoms with Crippen LogP contribution in [-0.4, -0.2) is 40.8 Å².